The number of ketones is 1. The molecule has 74 valence electrons. The van der Waals surface area contributed by atoms with Gasteiger partial charge in [0.2, 0.25) is 0 Å². The van der Waals surface area contributed by atoms with E-state index in [0.717, 1.165) is 18.8 Å². The van der Waals surface area contributed by atoms with Crippen LogP contribution in [-0.2, 0) is 4.79 Å². The van der Waals surface area contributed by atoms with E-state index in [4.69, 9.17) is 0 Å². The fourth-order valence-electron chi connectivity index (χ4n) is 2.86. The van der Waals surface area contributed by atoms with Crippen molar-refractivity contribution in [2.24, 2.45) is 11.3 Å². The molecule has 13 heavy (non-hydrogen) atoms. The molecule has 0 aromatic carbocycles. The summed E-state index contributed by atoms with van der Waals surface area (Å²) >= 11 is 0. The number of carbonyl (C=O) groups is 1. The predicted molar refractivity (Wildman–Crippen MR) is 53.5 cm³/mol. The largest absolute Gasteiger partial charge is 0.300 e. The Morgan fingerprint density at radius 1 is 1.38 bits per heavy atom. The summed E-state index contributed by atoms with van der Waals surface area (Å²) in [4.78, 5) is 11.4. The Labute approximate surface area is 80.9 Å². The summed E-state index contributed by atoms with van der Waals surface area (Å²) in [6, 6.07) is 0. The van der Waals surface area contributed by atoms with Gasteiger partial charge in [0, 0.05) is 12.8 Å². The van der Waals surface area contributed by atoms with Crippen molar-refractivity contribution >= 4 is 5.78 Å². The van der Waals surface area contributed by atoms with Gasteiger partial charge in [0.1, 0.15) is 5.78 Å². The maximum absolute atomic E-state index is 11.4. The van der Waals surface area contributed by atoms with Gasteiger partial charge < -0.3 is 0 Å². The molecule has 0 amide bonds. The first-order chi connectivity index (χ1) is 6.27. The first-order valence-electron chi connectivity index (χ1n) is 5.78. The van der Waals surface area contributed by atoms with Gasteiger partial charge in [-0.05, 0) is 37.0 Å². The van der Waals surface area contributed by atoms with Gasteiger partial charge in [-0.15, -0.1) is 0 Å². The second-order valence-electron chi connectivity index (χ2n) is 4.94. The van der Waals surface area contributed by atoms with E-state index in [1.165, 1.54) is 38.5 Å². The van der Waals surface area contributed by atoms with Crippen molar-refractivity contribution in [3.05, 3.63) is 0 Å². The molecular weight excluding hydrogens is 160 g/mol. The number of carbonyl (C=O) groups excluding carboxylic acids is 1. The molecule has 1 nitrogen and oxygen atoms in total. The van der Waals surface area contributed by atoms with Crippen LogP contribution >= 0.6 is 0 Å². The minimum atomic E-state index is 0.527. The highest BCUT2D eigenvalue weighted by Crippen LogP contribution is 2.60. The van der Waals surface area contributed by atoms with Gasteiger partial charge >= 0.3 is 0 Å². The van der Waals surface area contributed by atoms with Crippen LogP contribution in [0, 0.1) is 11.3 Å². The summed E-state index contributed by atoms with van der Waals surface area (Å²) in [6.45, 7) is 2.24. The van der Waals surface area contributed by atoms with Crippen molar-refractivity contribution in [3.63, 3.8) is 0 Å². The quantitative estimate of drug-likeness (QED) is 0.651. The van der Waals surface area contributed by atoms with E-state index < -0.39 is 0 Å². The maximum atomic E-state index is 11.4. The highest BCUT2D eigenvalue weighted by molar-refractivity contribution is 5.79. The third-order valence-corrected chi connectivity index (χ3v) is 4.04. The second kappa shape index (κ2) is 3.43. The smallest absolute Gasteiger partial charge is 0.133 e. The van der Waals surface area contributed by atoms with Crippen LogP contribution in [0.15, 0.2) is 0 Å². The molecule has 0 saturated heterocycles. The zero-order valence-electron chi connectivity index (χ0n) is 8.64. The molecule has 0 heterocycles. The molecule has 2 saturated carbocycles. The van der Waals surface area contributed by atoms with E-state index in [1.807, 2.05) is 0 Å². The Kier molecular flexibility index (Phi) is 2.44. The zero-order chi connectivity index (χ0) is 9.31. The standard InChI is InChI=1S/C12H20O/c1-2-3-4-10-9-11(13)5-6-12(10)7-8-12/h10H,2-9H2,1H3. The van der Waals surface area contributed by atoms with Crippen LogP contribution in [0.5, 0.6) is 0 Å². The monoisotopic (exact) mass is 180 g/mol. The summed E-state index contributed by atoms with van der Waals surface area (Å²) in [5, 5.41) is 0. The lowest BCUT2D eigenvalue weighted by atomic mass is 9.73. The third kappa shape index (κ3) is 1.79. The topological polar surface area (TPSA) is 17.1 Å². The molecule has 2 rings (SSSR count). The number of hydrogen-bond acceptors (Lipinski definition) is 1. The molecule has 1 unspecified atom stereocenters. The molecular formula is C12H20O. The zero-order valence-corrected chi connectivity index (χ0v) is 8.64. The SMILES string of the molecule is CCCCC1CC(=O)CCC12CC2. The molecule has 0 aliphatic heterocycles. The number of unbranched alkanes of at least 4 members (excludes halogenated alkanes) is 1. The summed E-state index contributed by atoms with van der Waals surface area (Å²) in [5.74, 6) is 1.28. The van der Waals surface area contributed by atoms with Crippen LogP contribution in [-0.4, -0.2) is 5.78 Å². The van der Waals surface area contributed by atoms with Crippen molar-refractivity contribution in [2.45, 2.75) is 58.3 Å². The average molecular weight is 180 g/mol. The fourth-order valence-corrected chi connectivity index (χ4v) is 2.86. The molecule has 2 fully saturated rings. The summed E-state index contributed by atoms with van der Waals surface area (Å²) < 4.78 is 0. The molecule has 1 atom stereocenters. The lowest BCUT2D eigenvalue weighted by Gasteiger charge is -2.30. The number of Topliss-reactive ketones (excluding diaryl/α,β-unsaturated/α-hetero) is 1. The Morgan fingerprint density at radius 2 is 2.15 bits per heavy atom. The van der Waals surface area contributed by atoms with E-state index in [0.29, 0.717) is 11.2 Å². The first kappa shape index (κ1) is 9.23. The minimum Gasteiger partial charge on any atom is -0.300 e. The summed E-state index contributed by atoms with van der Waals surface area (Å²) in [7, 11) is 0. The fraction of sp³-hybridized carbons (Fsp3) is 0.917. The normalized spacial score (nSPS) is 30.8. The molecule has 1 heteroatoms. The van der Waals surface area contributed by atoms with Crippen molar-refractivity contribution in [3.8, 4) is 0 Å². The maximum Gasteiger partial charge on any atom is 0.133 e. The van der Waals surface area contributed by atoms with Gasteiger partial charge in [-0.25, -0.2) is 0 Å². The van der Waals surface area contributed by atoms with Crippen LogP contribution < -0.4 is 0 Å². The van der Waals surface area contributed by atoms with E-state index in [-0.39, 0.29) is 0 Å². The van der Waals surface area contributed by atoms with Crippen molar-refractivity contribution in [1.29, 1.82) is 0 Å². The van der Waals surface area contributed by atoms with Crippen LogP contribution in [0.3, 0.4) is 0 Å². The summed E-state index contributed by atoms with van der Waals surface area (Å²) in [6.07, 6.45) is 9.72. The molecule has 1 spiro atoms. The molecule has 0 radical (unpaired) electrons. The Balaban J connectivity index is 1.92. The van der Waals surface area contributed by atoms with Crippen LogP contribution in [0.25, 0.3) is 0 Å². The van der Waals surface area contributed by atoms with E-state index in [1.54, 1.807) is 0 Å². The first-order valence-corrected chi connectivity index (χ1v) is 5.78. The van der Waals surface area contributed by atoms with Crippen molar-refractivity contribution in [1.82, 2.24) is 0 Å². The lowest BCUT2D eigenvalue weighted by Crippen LogP contribution is -2.26. The van der Waals surface area contributed by atoms with Gasteiger partial charge in [-0.2, -0.15) is 0 Å². The molecule has 0 aromatic rings. The Hall–Kier alpha value is -0.330. The van der Waals surface area contributed by atoms with Gasteiger partial charge in [-0.3, -0.25) is 4.79 Å². The third-order valence-electron chi connectivity index (χ3n) is 4.04. The second-order valence-corrected chi connectivity index (χ2v) is 4.94. The Morgan fingerprint density at radius 3 is 2.77 bits per heavy atom. The average Bonchev–Trinajstić information content (AvgIpc) is 2.89. The minimum absolute atomic E-state index is 0.527. The van der Waals surface area contributed by atoms with Gasteiger partial charge in [-0.1, -0.05) is 19.8 Å². The molecule has 0 N–H and O–H groups in total. The molecule has 0 bridgehead atoms. The van der Waals surface area contributed by atoms with E-state index >= 15 is 0 Å². The van der Waals surface area contributed by atoms with Crippen LogP contribution in [0.2, 0.25) is 0 Å². The van der Waals surface area contributed by atoms with Crippen LogP contribution in [0.1, 0.15) is 58.3 Å². The molecule has 2 aliphatic carbocycles. The predicted octanol–water partition coefficient (Wildman–Crippen LogP) is 3.33. The lowest BCUT2D eigenvalue weighted by molar-refractivity contribution is -0.123. The number of hydrogen-bond donors (Lipinski definition) is 0. The highest BCUT2D eigenvalue weighted by atomic mass is 16.1. The van der Waals surface area contributed by atoms with E-state index in [9.17, 15) is 4.79 Å². The molecule has 0 aromatic heterocycles. The summed E-state index contributed by atoms with van der Waals surface area (Å²) in [5.41, 5.74) is 0.656. The van der Waals surface area contributed by atoms with Gasteiger partial charge in [0.15, 0.2) is 0 Å². The number of rotatable bonds is 3. The Bertz CT molecular complexity index is 203. The van der Waals surface area contributed by atoms with Crippen LogP contribution in [0.4, 0.5) is 0 Å². The van der Waals surface area contributed by atoms with Crippen molar-refractivity contribution in [2.75, 3.05) is 0 Å². The van der Waals surface area contributed by atoms with E-state index in [2.05, 4.69) is 6.92 Å². The van der Waals surface area contributed by atoms with Gasteiger partial charge in [0.25, 0.3) is 0 Å². The van der Waals surface area contributed by atoms with Crippen molar-refractivity contribution < 1.29 is 4.79 Å². The molecule has 2 aliphatic rings. The van der Waals surface area contributed by atoms with Gasteiger partial charge in [0.05, 0.1) is 0 Å². The highest BCUT2D eigenvalue weighted by Gasteiger charge is 2.50.